The molecule has 0 aromatic carbocycles. The van der Waals surface area contributed by atoms with Gasteiger partial charge in [0.15, 0.2) is 0 Å². The molecule has 0 aliphatic heterocycles. The maximum Gasteiger partial charge on any atom is 0.146 e. The Hall–Kier alpha value is -0.960. The van der Waals surface area contributed by atoms with E-state index >= 15 is 0 Å². The van der Waals surface area contributed by atoms with Crippen molar-refractivity contribution in [3.63, 3.8) is 0 Å². The van der Waals surface area contributed by atoms with E-state index in [9.17, 15) is 4.39 Å². The normalized spacial score (nSPS) is 12.6. The second-order valence-electron chi connectivity index (χ2n) is 4.91. The molecule has 1 unspecified atom stereocenters. The number of hydrogen-bond acceptors (Lipinski definition) is 2. The zero-order chi connectivity index (χ0) is 13.2. The second-order valence-corrected chi connectivity index (χ2v) is 4.91. The van der Waals surface area contributed by atoms with E-state index in [0.717, 1.165) is 12.8 Å². The van der Waals surface area contributed by atoms with Crippen molar-refractivity contribution in [2.75, 3.05) is 0 Å². The van der Waals surface area contributed by atoms with Crippen molar-refractivity contribution in [2.24, 2.45) is 5.73 Å². The molecule has 0 aliphatic rings. The Labute approximate surface area is 110 Å². The summed E-state index contributed by atoms with van der Waals surface area (Å²) in [5, 5.41) is 0. The third-order valence-corrected chi connectivity index (χ3v) is 3.32. The average Bonchev–Trinajstić information content (AvgIpc) is 2.38. The minimum atomic E-state index is -0.284. The molecule has 0 fully saturated rings. The van der Waals surface area contributed by atoms with Crippen LogP contribution in [0.3, 0.4) is 0 Å². The molecule has 1 aromatic heterocycles. The number of aromatic nitrogens is 1. The highest BCUT2D eigenvalue weighted by Crippen LogP contribution is 2.19. The molecule has 2 nitrogen and oxygen atoms in total. The van der Waals surface area contributed by atoms with Crippen LogP contribution in [0.5, 0.6) is 0 Å². The summed E-state index contributed by atoms with van der Waals surface area (Å²) in [5.41, 5.74) is 6.58. The lowest BCUT2D eigenvalue weighted by molar-refractivity contribution is 0.518. The molecule has 3 heteroatoms. The number of unbranched alkanes of at least 4 members (excludes halogenated alkanes) is 6. The fraction of sp³-hybridized carbons (Fsp3) is 0.667. The molecule has 0 amide bonds. The third-order valence-electron chi connectivity index (χ3n) is 3.32. The van der Waals surface area contributed by atoms with Crippen molar-refractivity contribution in [1.82, 2.24) is 4.98 Å². The van der Waals surface area contributed by atoms with Gasteiger partial charge in [0.1, 0.15) is 5.82 Å². The summed E-state index contributed by atoms with van der Waals surface area (Å²) in [6.45, 7) is 2.22. The number of rotatable bonds is 9. The second kappa shape index (κ2) is 9.03. The summed E-state index contributed by atoms with van der Waals surface area (Å²) in [4.78, 5) is 3.74. The van der Waals surface area contributed by atoms with Gasteiger partial charge in [-0.3, -0.25) is 4.98 Å². The Morgan fingerprint density at radius 3 is 2.50 bits per heavy atom. The quantitative estimate of drug-likeness (QED) is 0.663. The molecule has 1 atom stereocenters. The van der Waals surface area contributed by atoms with Crippen LogP contribution in [0.15, 0.2) is 18.5 Å². The number of hydrogen-bond donors (Lipinski definition) is 1. The van der Waals surface area contributed by atoms with Crippen molar-refractivity contribution in [3.8, 4) is 0 Å². The van der Waals surface area contributed by atoms with E-state index in [1.807, 2.05) is 0 Å². The summed E-state index contributed by atoms with van der Waals surface area (Å²) in [5.74, 6) is -0.284. The molecular formula is C15H25FN2. The van der Waals surface area contributed by atoms with E-state index in [-0.39, 0.29) is 11.9 Å². The van der Waals surface area contributed by atoms with Gasteiger partial charge in [0.05, 0.1) is 6.20 Å². The molecule has 1 aromatic rings. The van der Waals surface area contributed by atoms with Gasteiger partial charge >= 0.3 is 0 Å². The number of halogens is 1. The van der Waals surface area contributed by atoms with E-state index in [4.69, 9.17) is 5.73 Å². The Kier molecular flexibility index (Phi) is 7.58. The Balaban J connectivity index is 2.14. The van der Waals surface area contributed by atoms with Gasteiger partial charge in [-0.2, -0.15) is 0 Å². The first kappa shape index (κ1) is 15.1. The molecule has 0 saturated heterocycles. The van der Waals surface area contributed by atoms with E-state index < -0.39 is 0 Å². The van der Waals surface area contributed by atoms with Crippen LogP contribution in [0.2, 0.25) is 0 Å². The standard InChI is InChI=1S/C15H25FN2/c1-2-3-4-5-6-7-8-9-15(17)13-10-11-18-12-14(13)16/h10-12,15H,2-9,17H2,1H3. The SMILES string of the molecule is CCCCCCCCCC(N)c1ccncc1F. The summed E-state index contributed by atoms with van der Waals surface area (Å²) in [7, 11) is 0. The largest absolute Gasteiger partial charge is 0.324 e. The number of nitrogens with zero attached hydrogens (tertiary/aromatic N) is 1. The summed E-state index contributed by atoms with van der Waals surface area (Å²) < 4.78 is 13.4. The highest BCUT2D eigenvalue weighted by molar-refractivity contribution is 5.16. The fourth-order valence-corrected chi connectivity index (χ4v) is 2.16. The topological polar surface area (TPSA) is 38.9 Å². The highest BCUT2D eigenvalue weighted by Gasteiger charge is 2.10. The lowest BCUT2D eigenvalue weighted by Gasteiger charge is -2.12. The van der Waals surface area contributed by atoms with Gasteiger partial charge in [-0.1, -0.05) is 51.9 Å². The lowest BCUT2D eigenvalue weighted by Crippen LogP contribution is -2.12. The molecule has 18 heavy (non-hydrogen) atoms. The average molecular weight is 252 g/mol. The maximum atomic E-state index is 13.4. The van der Waals surface area contributed by atoms with Crippen molar-refractivity contribution < 1.29 is 4.39 Å². The molecular weight excluding hydrogens is 227 g/mol. The monoisotopic (exact) mass is 252 g/mol. The van der Waals surface area contributed by atoms with Gasteiger partial charge in [0, 0.05) is 17.8 Å². The van der Waals surface area contributed by atoms with Gasteiger partial charge in [-0.15, -0.1) is 0 Å². The van der Waals surface area contributed by atoms with Crippen LogP contribution in [-0.4, -0.2) is 4.98 Å². The molecule has 102 valence electrons. The summed E-state index contributed by atoms with van der Waals surface area (Å²) in [6.07, 6.45) is 12.5. The molecule has 0 bridgehead atoms. The first-order valence-corrected chi connectivity index (χ1v) is 7.10. The van der Waals surface area contributed by atoms with Gasteiger partial charge in [-0.25, -0.2) is 4.39 Å². The Bertz CT molecular complexity index is 328. The molecule has 0 aliphatic carbocycles. The minimum absolute atomic E-state index is 0.191. The molecule has 2 N–H and O–H groups in total. The van der Waals surface area contributed by atoms with Gasteiger partial charge in [0.25, 0.3) is 0 Å². The third kappa shape index (κ3) is 5.58. The molecule has 0 spiro atoms. The van der Waals surface area contributed by atoms with E-state index in [1.165, 1.54) is 44.7 Å². The Morgan fingerprint density at radius 2 is 1.83 bits per heavy atom. The molecule has 1 rings (SSSR count). The summed E-state index contributed by atoms with van der Waals surface area (Å²) in [6, 6.07) is 1.49. The van der Waals surface area contributed by atoms with Crippen LogP contribution in [0.1, 0.15) is 69.9 Å². The fourth-order valence-electron chi connectivity index (χ4n) is 2.16. The van der Waals surface area contributed by atoms with Gasteiger partial charge in [0.2, 0.25) is 0 Å². The highest BCUT2D eigenvalue weighted by atomic mass is 19.1. The van der Waals surface area contributed by atoms with Gasteiger partial charge in [-0.05, 0) is 12.5 Å². The minimum Gasteiger partial charge on any atom is -0.324 e. The maximum absolute atomic E-state index is 13.4. The number of pyridine rings is 1. The van der Waals surface area contributed by atoms with E-state index in [1.54, 1.807) is 12.3 Å². The van der Waals surface area contributed by atoms with Gasteiger partial charge < -0.3 is 5.73 Å². The zero-order valence-corrected chi connectivity index (χ0v) is 11.4. The first-order valence-electron chi connectivity index (χ1n) is 7.10. The predicted molar refractivity (Wildman–Crippen MR) is 73.7 cm³/mol. The van der Waals surface area contributed by atoms with Crippen molar-refractivity contribution >= 4 is 0 Å². The van der Waals surface area contributed by atoms with Crippen LogP contribution in [0.4, 0.5) is 4.39 Å². The van der Waals surface area contributed by atoms with Crippen LogP contribution in [0.25, 0.3) is 0 Å². The molecule has 0 radical (unpaired) electrons. The Morgan fingerprint density at radius 1 is 1.17 bits per heavy atom. The van der Waals surface area contributed by atoms with Crippen LogP contribution < -0.4 is 5.73 Å². The van der Waals surface area contributed by atoms with E-state index in [0.29, 0.717) is 5.56 Å². The summed E-state index contributed by atoms with van der Waals surface area (Å²) >= 11 is 0. The first-order chi connectivity index (χ1) is 8.75. The smallest absolute Gasteiger partial charge is 0.146 e. The van der Waals surface area contributed by atoms with Crippen molar-refractivity contribution in [2.45, 2.75) is 64.3 Å². The number of nitrogens with two attached hydrogens (primary N) is 1. The molecule has 1 heterocycles. The zero-order valence-electron chi connectivity index (χ0n) is 11.4. The molecule has 0 saturated carbocycles. The van der Waals surface area contributed by atoms with Crippen LogP contribution in [-0.2, 0) is 0 Å². The van der Waals surface area contributed by atoms with Crippen LogP contribution >= 0.6 is 0 Å². The van der Waals surface area contributed by atoms with Crippen molar-refractivity contribution in [1.29, 1.82) is 0 Å². The lowest BCUT2D eigenvalue weighted by atomic mass is 10.0. The predicted octanol–water partition coefficient (Wildman–Crippen LogP) is 4.36. The van der Waals surface area contributed by atoms with E-state index in [2.05, 4.69) is 11.9 Å². The van der Waals surface area contributed by atoms with Crippen LogP contribution in [0, 0.1) is 5.82 Å². The van der Waals surface area contributed by atoms with Crippen molar-refractivity contribution in [3.05, 3.63) is 29.8 Å².